The van der Waals surface area contributed by atoms with Gasteiger partial charge in [0, 0.05) is 41.8 Å². The third-order valence-corrected chi connectivity index (χ3v) is 4.62. The normalized spacial score (nSPS) is 17.0. The fourth-order valence-electron chi connectivity index (χ4n) is 3.63. The molecule has 1 unspecified atom stereocenters. The molecule has 0 aliphatic carbocycles. The van der Waals surface area contributed by atoms with Crippen molar-refractivity contribution in [3.05, 3.63) is 71.4 Å². The molecular weight excluding hydrogens is 288 g/mol. The Balaban J connectivity index is 1.96. The van der Waals surface area contributed by atoms with E-state index in [-0.39, 0.29) is 18.6 Å². The van der Waals surface area contributed by atoms with E-state index in [1.165, 1.54) is 0 Å². The van der Waals surface area contributed by atoms with Crippen LogP contribution in [0.2, 0.25) is 0 Å². The largest absolute Gasteiger partial charge is 0.395 e. The van der Waals surface area contributed by atoms with Crippen molar-refractivity contribution >= 4 is 16.8 Å². The summed E-state index contributed by atoms with van der Waals surface area (Å²) in [5.74, 6) is -0.00687. The van der Waals surface area contributed by atoms with Gasteiger partial charge in [0.05, 0.1) is 12.6 Å². The molecule has 0 saturated carbocycles. The van der Waals surface area contributed by atoms with Gasteiger partial charge in [-0.25, -0.2) is 0 Å². The molecule has 4 heteroatoms. The predicted molar refractivity (Wildman–Crippen MR) is 89.3 cm³/mol. The lowest BCUT2D eigenvalue weighted by Crippen LogP contribution is -2.31. The number of aliphatic hydroxyl groups is 1. The molecule has 1 aliphatic rings. The number of fused-ring (bicyclic) bond motifs is 2. The van der Waals surface area contributed by atoms with Crippen LogP contribution < -0.4 is 0 Å². The molecule has 1 amide bonds. The van der Waals surface area contributed by atoms with Crippen LogP contribution >= 0.6 is 0 Å². The number of benzene rings is 2. The van der Waals surface area contributed by atoms with Crippen molar-refractivity contribution in [1.82, 2.24) is 9.47 Å². The average Bonchev–Trinajstić information content (AvgIpc) is 3.05. The van der Waals surface area contributed by atoms with Crippen molar-refractivity contribution in [1.29, 1.82) is 0 Å². The van der Waals surface area contributed by atoms with Gasteiger partial charge in [-0.1, -0.05) is 36.4 Å². The summed E-state index contributed by atoms with van der Waals surface area (Å²) in [6, 6.07) is 15.8. The Morgan fingerprint density at radius 1 is 1.04 bits per heavy atom. The first kappa shape index (κ1) is 14.0. The van der Waals surface area contributed by atoms with E-state index in [4.69, 9.17) is 0 Å². The number of aliphatic hydroxyl groups excluding tert-OH is 1. The van der Waals surface area contributed by atoms with Gasteiger partial charge in [0.25, 0.3) is 5.91 Å². The number of hydrogen-bond donors (Lipinski definition) is 1. The molecule has 116 valence electrons. The lowest BCUT2D eigenvalue weighted by molar-refractivity contribution is 0.0713. The van der Waals surface area contributed by atoms with Gasteiger partial charge in [0.15, 0.2) is 0 Å². The van der Waals surface area contributed by atoms with Crippen molar-refractivity contribution in [2.45, 2.75) is 6.04 Å². The zero-order chi connectivity index (χ0) is 16.0. The molecule has 0 bridgehead atoms. The Hall–Kier alpha value is -2.59. The number of amides is 1. The van der Waals surface area contributed by atoms with Gasteiger partial charge in [-0.2, -0.15) is 0 Å². The molecule has 0 radical (unpaired) electrons. The van der Waals surface area contributed by atoms with Gasteiger partial charge >= 0.3 is 0 Å². The van der Waals surface area contributed by atoms with E-state index < -0.39 is 0 Å². The first-order valence-electron chi connectivity index (χ1n) is 7.77. The number of rotatable bonds is 3. The summed E-state index contributed by atoms with van der Waals surface area (Å²) in [5, 5.41) is 10.6. The van der Waals surface area contributed by atoms with E-state index in [1.54, 1.807) is 4.90 Å². The summed E-state index contributed by atoms with van der Waals surface area (Å²) in [7, 11) is 2.02. The Bertz CT molecular complexity index is 897. The Kier molecular flexibility index (Phi) is 3.20. The topological polar surface area (TPSA) is 45.5 Å². The molecule has 4 rings (SSSR count). The van der Waals surface area contributed by atoms with Crippen LogP contribution in [0.15, 0.2) is 54.7 Å². The molecule has 1 aliphatic heterocycles. The Labute approximate surface area is 134 Å². The maximum Gasteiger partial charge on any atom is 0.255 e. The van der Waals surface area contributed by atoms with Crippen LogP contribution in [-0.2, 0) is 7.05 Å². The Morgan fingerprint density at radius 2 is 1.78 bits per heavy atom. The highest BCUT2D eigenvalue weighted by Crippen LogP contribution is 2.41. The molecular formula is C19H18N2O2. The van der Waals surface area contributed by atoms with Gasteiger partial charge in [-0.3, -0.25) is 4.79 Å². The number of aryl methyl sites for hydroxylation is 1. The molecule has 4 nitrogen and oxygen atoms in total. The summed E-state index contributed by atoms with van der Waals surface area (Å²) in [6.07, 6.45) is 2.09. The summed E-state index contributed by atoms with van der Waals surface area (Å²) in [5.41, 5.74) is 4.00. The van der Waals surface area contributed by atoms with Crippen LogP contribution in [0.5, 0.6) is 0 Å². The number of β-amino-alcohol motifs (C(OH)–C–C–N with tert-alkyl or cyclic N) is 1. The van der Waals surface area contributed by atoms with Gasteiger partial charge in [-0.15, -0.1) is 0 Å². The highest BCUT2D eigenvalue weighted by Gasteiger charge is 2.38. The van der Waals surface area contributed by atoms with E-state index in [2.05, 4.69) is 22.9 Å². The van der Waals surface area contributed by atoms with Gasteiger partial charge in [-0.05, 0) is 17.7 Å². The molecule has 0 saturated heterocycles. The zero-order valence-corrected chi connectivity index (χ0v) is 12.9. The third kappa shape index (κ3) is 1.99. The van der Waals surface area contributed by atoms with Crippen molar-refractivity contribution in [2.24, 2.45) is 7.05 Å². The van der Waals surface area contributed by atoms with E-state index >= 15 is 0 Å². The highest BCUT2D eigenvalue weighted by molar-refractivity contribution is 6.00. The van der Waals surface area contributed by atoms with Crippen LogP contribution in [0, 0.1) is 0 Å². The molecule has 0 fully saturated rings. The summed E-state index contributed by atoms with van der Waals surface area (Å²) in [6.45, 7) is 0.294. The number of aromatic nitrogens is 1. The maximum absolute atomic E-state index is 12.7. The minimum absolute atomic E-state index is 0.00687. The second kappa shape index (κ2) is 5.25. The Morgan fingerprint density at radius 3 is 2.61 bits per heavy atom. The monoisotopic (exact) mass is 306 g/mol. The SMILES string of the molecule is Cn1cc(C2c3ccccc3C(=O)N2CCO)c2ccccc21. The second-order valence-electron chi connectivity index (χ2n) is 5.92. The van der Waals surface area contributed by atoms with Crippen molar-refractivity contribution < 1.29 is 9.90 Å². The van der Waals surface area contributed by atoms with Crippen LogP contribution in [0.25, 0.3) is 10.9 Å². The number of hydrogen-bond acceptors (Lipinski definition) is 2. The molecule has 1 N–H and O–H groups in total. The number of para-hydroxylation sites is 1. The number of carbonyl (C=O) groups excluding carboxylic acids is 1. The minimum Gasteiger partial charge on any atom is -0.395 e. The number of carbonyl (C=O) groups is 1. The first-order valence-corrected chi connectivity index (χ1v) is 7.77. The summed E-state index contributed by atoms with van der Waals surface area (Å²) < 4.78 is 2.09. The molecule has 3 aromatic rings. The van der Waals surface area contributed by atoms with E-state index in [0.717, 1.165) is 27.6 Å². The quantitative estimate of drug-likeness (QED) is 0.808. The molecule has 1 aromatic heterocycles. The van der Waals surface area contributed by atoms with E-state index in [0.29, 0.717) is 6.54 Å². The molecule has 23 heavy (non-hydrogen) atoms. The van der Waals surface area contributed by atoms with E-state index in [9.17, 15) is 9.90 Å². The fourth-order valence-corrected chi connectivity index (χ4v) is 3.63. The van der Waals surface area contributed by atoms with Crippen LogP contribution in [0.4, 0.5) is 0 Å². The van der Waals surface area contributed by atoms with Crippen molar-refractivity contribution in [2.75, 3.05) is 13.2 Å². The van der Waals surface area contributed by atoms with Crippen LogP contribution in [-0.4, -0.2) is 33.6 Å². The van der Waals surface area contributed by atoms with Crippen molar-refractivity contribution in [3.8, 4) is 0 Å². The predicted octanol–water partition coefficient (Wildman–Crippen LogP) is 2.72. The lowest BCUT2D eigenvalue weighted by atomic mass is 9.97. The zero-order valence-electron chi connectivity index (χ0n) is 12.9. The maximum atomic E-state index is 12.7. The molecule has 1 atom stereocenters. The van der Waals surface area contributed by atoms with Gasteiger partial charge in [0.2, 0.25) is 0 Å². The van der Waals surface area contributed by atoms with Gasteiger partial charge in [0.1, 0.15) is 0 Å². The summed E-state index contributed by atoms with van der Waals surface area (Å²) >= 11 is 0. The summed E-state index contributed by atoms with van der Waals surface area (Å²) in [4.78, 5) is 14.5. The molecule has 2 aromatic carbocycles. The minimum atomic E-state index is -0.142. The van der Waals surface area contributed by atoms with E-state index in [1.807, 2.05) is 43.4 Å². The smallest absolute Gasteiger partial charge is 0.255 e. The number of nitrogens with zero attached hydrogens (tertiary/aromatic N) is 2. The first-order chi connectivity index (χ1) is 11.2. The fraction of sp³-hybridized carbons (Fsp3) is 0.211. The lowest BCUT2D eigenvalue weighted by Gasteiger charge is -2.24. The molecule has 2 heterocycles. The van der Waals surface area contributed by atoms with Crippen LogP contribution in [0.3, 0.4) is 0 Å². The van der Waals surface area contributed by atoms with Gasteiger partial charge < -0.3 is 14.6 Å². The second-order valence-corrected chi connectivity index (χ2v) is 5.92. The third-order valence-electron chi connectivity index (χ3n) is 4.62. The highest BCUT2D eigenvalue weighted by atomic mass is 16.3. The average molecular weight is 306 g/mol. The standard InChI is InChI=1S/C19H18N2O2/c1-20-12-16(13-6-4-5-9-17(13)20)18-14-7-2-3-8-15(14)19(23)21(18)10-11-22/h2-9,12,18,22H,10-11H2,1H3. The molecule has 0 spiro atoms. The van der Waals surface area contributed by atoms with Crippen LogP contribution in [0.1, 0.15) is 27.5 Å². The van der Waals surface area contributed by atoms with Crippen molar-refractivity contribution in [3.63, 3.8) is 0 Å².